The van der Waals surface area contributed by atoms with E-state index in [4.69, 9.17) is 4.99 Å². The molecule has 0 radical (unpaired) electrons. The van der Waals surface area contributed by atoms with Crippen LogP contribution in [0.25, 0.3) is 0 Å². The maximum absolute atomic E-state index is 4.74. The third-order valence-electron chi connectivity index (χ3n) is 4.44. The van der Waals surface area contributed by atoms with Crippen molar-refractivity contribution in [3.8, 4) is 0 Å². The van der Waals surface area contributed by atoms with Crippen LogP contribution in [0.15, 0.2) is 4.99 Å². The molecule has 0 spiro atoms. The van der Waals surface area contributed by atoms with E-state index in [1.165, 1.54) is 25.0 Å². The Hall–Kier alpha value is -0.160. The lowest BCUT2D eigenvalue weighted by Gasteiger charge is -2.18. The Labute approximate surface area is 177 Å². The Morgan fingerprint density at radius 1 is 1.32 bits per heavy atom. The molecule has 0 aliphatic heterocycles. The van der Waals surface area contributed by atoms with Crippen LogP contribution in [0.2, 0.25) is 0 Å². The maximum atomic E-state index is 4.74. The van der Waals surface area contributed by atoms with E-state index in [9.17, 15) is 0 Å². The zero-order chi connectivity index (χ0) is 17.4. The molecule has 9 heteroatoms. The van der Waals surface area contributed by atoms with Gasteiger partial charge in [-0.25, -0.2) is 4.99 Å². The quantitative estimate of drug-likeness (QED) is 0.249. The summed E-state index contributed by atoms with van der Waals surface area (Å²) in [5, 5.41) is 16.2. The summed E-state index contributed by atoms with van der Waals surface area (Å²) >= 11 is 3.86. The lowest BCUT2D eigenvalue weighted by atomic mass is 10.2. The van der Waals surface area contributed by atoms with Crippen molar-refractivity contribution in [3.05, 3.63) is 11.6 Å². The summed E-state index contributed by atoms with van der Waals surface area (Å²) < 4.78 is 1.99. The first-order chi connectivity index (χ1) is 11.6. The van der Waals surface area contributed by atoms with E-state index >= 15 is 0 Å². The first kappa shape index (κ1) is 22.9. The molecule has 6 nitrogen and oxygen atoms in total. The second-order valence-corrected chi connectivity index (χ2v) is 8.30. The molecule has 1 aliphatic carbocycles. The molecule has 0 bridgehead atoms. The number of halogens is 1. The van der Waals surface area contributed by atoms with Gasteiger partial charge in [0.25, 0.3) is 0 Å². The van der Waals surface area contributed by atoms with E-state index in [1.54, 1.807) is 0 Å². The predicted octanol–water partition coefficient (Wildman–Crippen LogP) is 2.81. The standard InChI is InChI=1S/C16H30N6S2.HI/c1-12-20-21-15(22(12)2)11-18-16(17-8-5-9-23-3)19-13-6-7-14(10-13)24-4;/h13-14H,5-11H2,1-4H3,(H2,17,18,19);1H. The molecule has 0 aromatic carbocycles. The average Bonchev–Trinajstić information content (AvgIpc) is 3.17. The van der Waals surface area contributed by atoms with Crippen LogP contribution in [-0.2, 0) is 13.6 Å². The van der Waals surface area contributed by atoms with Crippen molar-refractivity contribution >= 4 is 53.5 Å². The highest BCUT2D eigenvalue weighted by Crippen LogP contribution is 2.28. The van der Waals surface area contributed by atoms with Gasteiger partial charge in [0, 0.05) is 24.9 Å². The van der Waals surface area contributed by atoms with Gasteiger partial charge in [0.1, 0.15) is 12.4 Å². The van der Waals surface area contributed by atoms with Crippen LogP contribution in [0.4, 0.5) is 0 Å². The third-order valence-corrected chi connectivity index (χ3v) is 6.23. The van der Waals surface area contributed by atoms with Gasteiger partial charge >= 0.3 is 0 Å². The number of hydrogen-bond acceptors (Lipinski definition) is 5. The summed E-state index contributed by atoms with van der Waals surface area (Å²) in [4.78, 5) is 4.74. The summed E-state index contributed by atoms with van der Waals surface area (Å²) in [6.07, 6.45) is 9.23. The maximum Gasteiger partial charge on any atom is 0.191 e. The number of nitrogens with zero attached hydrogens (tertiary/aromatic N) is 4. The lowest BCUT2D eigenvalue weighted by Crippen LogP contribution is -2.43. The van der Waals surface area contributed by atoms with Gasteiger partial charge in [-0.2, -0.15) is 23.5 Å². The molecule has 144 valence electrons. The summed E-state index contributed by atoms with van der Waals surface area (Å²) in [7, 11) is 1.99. The molecule has 1 saturated carbocycles. The van der Waals surface area contributed by atoms with Gasteiger partial charge < -0.3 is 15.2 Å². The van der Waals surface area contributed by atoms with Crippen LogP contribution in [-0.4, -0.2) is 56.8 Å². The van der Waals surface area contributed by atoms with Crippen molar-refractivity contribution in [2.45, 2.75) is 50.4 Å². The Bertz CT molecular complexity index is 537. The second kappa shape index (κ2) is 12.3. The number of nitrogens with one attached hydrogen (secondary N) is 2. The van der Waals surface area contributed by atoms with Crippen LogP contribution in [0, 0.1) is 6.92 Å². The smallest absolute Gasteiger partial charge is 0.191 e. The van der Waals surface area contributed by atoms with Crippen LogP contribution in [0.5, 0.6) is 0 Å². The van der Waals surface area contributed by atoms with Crippen LogP contribution in [0.1, 0.15) is 37.3 Å². The number of aliphatic imine (C=N–C) groups is 1. The number of rotatable bonds is 8. The Morgan fingerprint density at radius 3 is 2.72 bits per heavy atom. The first-order valence-electron chi connectivity index (χ1n) is 8.55. The van der Waals surface area contributed by atoms with Crippen LogP contribution < -0.4 is 10.6 Å². The van der Waals surface area contributed by atoms with E-state index in [1.807, 2.05) is 42.1 Å². The van der Waals surface area contributed by atoms with E-state index < -0.39 is 0 Å². The molecule has 1 fully saturated rings. The lowest BCUT2D eigenvalue weighted by molar-refractivity contribution is 0.610. The molecule has 0 saturated heterocycles. The number of aromatic nitrogens is 3. The fraction of sp³-hybridized carbons (Fsp3) is 0.812. The SMILES string of the molecule is CSCCCNC(=NCc1nnc(C)n1C)NC1CCC(SC)C1.I. The van der Waals surface area contributed by atoms with Gasteiger partial charge in [-0.15, -0.1) is 34.2 Å². The molecule has 2 rings (SSSR count). The molecule has 25 heavy (non-hydrogen) atoms. The molecule has 1 aromatic heterocycles. The van der Waals surface area contributed by atoms with Crippen molar-refractivity contribution in [1.82, 2.24) is 25.4 Å². The molecule has 2 atom stereocenters. The summed E-state index contributed by atoms with van der Waals surface area (Å²) in [5.41, 5.74) is 0. The fourth-order valence-electron chi connectivity index (χ4n) is 2.79. The number of thioether (sulfide) groups is 2. The van der Waals surface area contributed by atoms with Gasteiger partial charge in [0.2, 0.25) is 0 Å². The minimum Gasteiger partial charge on any atom is -0.356 e. The highest BCUT2D eigenvalue weighted by atomic mass is 127. The Morgan fingerprint density at radius 2 is 2.12 bits per heavy atom. The molecule has 2 N–H and O–H groups in total. The Kier molecular flexibility index (Phi) is 11.2. The third kappa shape index (κ3) is 7.54. The molecule has 1 aromatic rings. The average molecular weight is 499 g/mol. The molecule has 0 amide bonds. The minimum absolute atomic E-state index is 0. The number of aryl methyl sites for hydroxylation is 1. The zero-order valence-electron chi connectivity index (χ0n) is 15.6. The van der Waals surface area contributed by atoms with Crippen molar-refractivity contribution in [2.24, 2.45) is 12.0 Å². The van der Waals surface area contributed by atoms with Gasteiger partial charge in [-0.3, -0.25) is 0 Å². The van der Waals surface area contributed by atoms with E-state index in [0.29, 0.717) is 12.6 Å². The second-order valence-electron chi connectivity index (χ2n) is 6.17. The van der Waals surface area contributed by atoms with Crippen molar-refractivity contribution in [1.29, 1.82) is 0 Å². The summed E-state index contributed by atoms with van der Waals surface area (Å²) in [6, 6.07) is 0.524. The first-order valence-corrected chi connectivity index (χ1v) is 11.2. The monoisotopic (exact) mass is 498 g/mol. The predicted molar refractivity (Wildman–Crippen MR) is 121 cm³/mol. The summed E-state index contributed by atoms with van der Waals surface area (Å²) in [5.74, 6) is 3.89. The highest BCUT2D eigenvalue weighted by molar-refractivity contribution is 14.0. The molecule has 1 aliphatic rings. The highest BCUT2D eigenvalue weighted by Gasteiger charge is 2.24. The molecule has 1 heterocycles. The topological polar surface area (TPSA) is 67.1 Å². The molecular weight excluding hydrogens is 467 g/mol. The molecular formula is C16H31IN6S2. The number of guanidine groups is 1. The van der Waals surface area contributed by atoms with Gasteiger partial charge in [0.05, 0.1) is 0 Å². The van der Waals surface area contributed by atoms with Gasteiger partial charge in [-0.05, 0) is 50.9 Å². The number of hydrogen-bond donors (Lipinski definition) is 2. The van der Waals surface area contributed by atoms with Crippen molar-refractivity contribution in [2.75, 3.05) is 24.8 Å². The largest absolute Gasteiger partial charge is 0.356 e. The minimum atomic E-state index is 0. The van der Waals surface area contributed by atoms with Gasteiger partial charge in [0.15, 0.2) is 11.8 Å². The van der Waals surface area contributed by atoms with Crippen LogP contribution >= 0.6 is 47.5 Å². The zero-order valence-corrected chi connectivity index (χ0v) is 19.6. The summed E-state index contributed by atoms with van der Waals surface area (Å²) in [6.45, 7) is 3.46. The molecule has 2 unspecified atom stereocenters. The van der Waals surface area contributed by atoms with Gasteiger partial charge in [-0.1, -0.05) is 0 Å². The fourth-order valence-corrected chi connectivity index (χ4v) is 4.02. The van der Waals surface area contributed by atoms with E-state index in [2.05, 4.69) is 33.3 Å². The van der Waals surface area contributed by atoms with Crippen molar-refractivity contribution < 1.29 is 0 Å². The Balaban J connectivity index is 0.00000312. The van der Waals surface area contributed by atoms with E-state index in [-0.39, 0.29) is 24.0 Å². The van der Waals surface area contributed by atoms with E-state index in [0.717, 1.165) is 35.8 Å². The van der Waals surface area contributed by atoms with Crippen molar-refractivity contribution in [3.63, 3.8) is 0 Å². The van der Waals surface area contributed by atoms with Crippen LogP contribution in [0.3, 0.4) is 0 Å². The normalized spacial score (nSPS) is 20.4.